The lowest BCUT2D eigenvalue weighted by atomic mass is 9.88. The van der Waals surface area contributed by atoms with Crippen molar-refractivity contribution in [2.45, 2.75) is 44.2 Å². The molecule has 2 aromatic rings. The third-order valence-electron chi connectivity index (χ3n) is 4.56. The second-order valence-corrected chi connectivity index (χ2v) is 6.50. The highest BCUT2D eigenvalue weighted by atomic mass is 16.3. The van der Waals surface area contributed by atoms with E-state index in [4.69, 9.17) is 5.73 Å². The van der Waals surface area contributed by atoms with Crippen LogP contribution in [0, 0.1) is 0 Å². The van der Waals surface area contributed by atoms with Crippen LogP contribution in [0.15, 0.2) is 48.5 Å². The molecule has 0 radical (unpaired) electrons. The van der Waals surface area contributed by atoms with Gasteiger partial charge in [-0.25, -0.2) is 0 Å². The molecule has 0 saturated carbocycles. The van der Waals surface area contributed by atoms with E-state index < -0.39 is 5.60 Å². The Hall–Kier alpha value is -1.64. The van der Waals surface area contributed by atoms with E-state index in [2.05, 4.69) is 38.1 Å². The molecular formula is C19H23NO. The fraction of sp³-hybridized carbons (Fsp3) is 0.368. The van der Waals surface area contributed by atoms with Crippen LogP contribution < -0.4 is 5.73 Å². The van der Waals surface area contributed by atoms with Gasteiger partial charge in [-0.15, -0.1) is 0 Å². The lowest BCUT2D eigenvalue weighted by Gasteiger charge is -2.24. The molecule has 0 aromatic heterocycles. The first-order chi connectivity index (χ1) is 9.99. The van der Waals surface area contributed by atoms with Crippen molar-refractivity contribution >= 4 is 0 Å². The molecule has 1 aliphatic rings. The molecular weight excluding hydrogens is 258 g/mol. The zero-order valence-corrected chi connectivity index (χ0v) is 12.7. The highest BCUT2D eigenvalue weighted by molar-refractivity contribution is 5.41. The monoisotopic (exact) mass is 281 g/mol. The van der Waals surface area contributed by atoms with Crippen LogP contribution >= 0.6 is 0 Å². The molecule has 0 aliphatic heterocycles. The predicted octanol–water partition coefficient (Wildman–Crippen LogP) is 3.64. The largest absolute Gasteiger partial charge is 0.385 e. The van der Waals surface area contributed by atoms with Gasteiger partial charge in [-0.05, 0) is 34.6 Å². The first-order valence-corrected chi connectivity index (χ1v) is 7.66. The highest BCUT2D eigenvalue weighted by Crippen LogP contribution is 2.43. The highest BCUT2D eigenvalue weighted by Gasteiger charge is 2.40. The van der Waals surface area contributed by atoms with E-state index in [9.17, 15) is 5.11 Å². The third-order valence-corrected chi connectivity index (χ3v) is 4.56. The summed E-state index contributed by atoms with van der Waals surface area (Å²) in [5.41, 5.74) is 9.90. The minimum atomic E-state index is -0.838. The standard InChI is InChI=1S/C19H23NO/c1-13(2)15-9-7-14(8-10-15)11-19(21)12-18(20)16-5-3-4-6-17(16)19/h3-10,13,18,21H,11-12,20H2,1-2H3. The van der Waals surface area contributed by atoms with Crippen LogP contribution in [0.5, 0.6) is 0 Å². The summed E-state index contributed by atoms with van der Waals surface area (Å²) in [5, 5.41) is 11.1. The SMILES string of the molecule is CC(C)c1ccc(CC2(O)CC(N)c3ccccc32)cc1. The molecule has 2 aromatic carbocycles. The molecule has 3 rings (SSSR count). The zero-order chi connectivity index (χ0) is 15.0. The van der Waals surface area contributed by atoms with Gasteiger partial charge < -0.3 is 10.8 Å². The molecule has 2 heteroatoms. The summed E-state index contributed by atoms with van der Waals surface area (Å²) < 4.78 is 0. The topological polar surface area (TPSA) is 46.2 Å². The number of hydrogen-bond donors (Lipinski definition) is 2. The average molecular weight is 281 g/mol. The van der Waals surface area contributed by atoms with Crippen LogP contribution in [0.25, 0.3) is 0 Å². The van der Waals surface area contributed by atoms with Gasteiger partial charge >= 0.3 is 0 Å². The van der Waals surface area contributed by atoms with Crippen LogP contribution in [0.4, 0.5) is 0 Å². The van der Waals surface area contributed by atoms with Crippen molar-refractivity contribution in [3.8, 4) is 0 Å². The molecule has 2 nitrogen and oxygen atoms in total. The van der Waals surface area contributed by atoms with Gasteiger partial charge in [-0.1, -0.05) is 62.4 Å². The van der Waals surface area contributed by atoms with Crippen molar-refractivity contribution in [2.24, 2.45) is 5.73 Å². The molecule has 2 atom stereocenters. The molecule has 0 spiro atoms. The Bertz CT molecular complexity index is 632. The molecule has 2 unspecified atom stereocenters. The summed E-state index contributed by atoms with van der Waals surface area (Å²) in [5.74, 6) is 0.530. The number of aliphatic hydroxyl groups is 1. The fourth-order valence-corrected chi connectivity index (χ4v) is 3.35. The van der Waals surface area contributed by atoms with E-state index in [1.54, 1.807) is 0 Å². The second-order valence-electron chi connectivity index (χ2n) is 6.50. The fourth-order valence-electron chi connectivity index (χ4n) is 3.35. The quantitative estimate of drug-likeness (QED) is 0.902. The summed E-state index contributed by atoms with van der Waals surface area (Å²) >= 11 is 0. The van der Waals surface area contributed by atoms with Crippen molar-refractivity contribution in [1.82, 2.24) is 0 Å². The van der Waals surface area contributed by atoms with Gasteiger partial charge in [-0.3, -0.25) is 0 Å². The van der Waals surface area contributed by atoms with Gasteiger partial charge in [0.1, 0.15) is 0 Å². The van der Waals surface area contributed by atoms with Crippen LogP contribution in [-0.4, -0.2) is 5.11 Å². The van der Waals surface area contributed by atoms with Crippen molar-refractivity contribution in [1.29, 1.82) is 0 Å². The molecule has 110 valence electrons. The number of nitrogens with two attached hydrogens (primary N) is 1. The number of fused-ring (bicyclic) bond motifs is 1. The Balaban J connectivity index is 1.88. The Morgan fingerprint density at radius 1 is 1.14 bits per heavy atom. The third kappa shape index (κ3) is 2.61. The molecule has 1 aliphatic carbocycles. The van der Waals surface area contributed by atoms with Crippen molar-refractivity contribution in [3.63, 3.8) is 0 Å². The van der Waals surface area contributed by atoms with Gasteiger partial charge in [0.05, 0.1) is 5.60 Å². The first kappa shape index (κ1) is 14.3. The average Bonchev–Trinajstić information content (AvgIpc) is 2.72. The number of benzene rings is 2. The van der Waals surface area contributed by atoms with Gasteiger partial charge in [0, 0.05) is 12.5 Å². The Morgan fingerprint density at radius 3 is 2.48 bits per heavy atom. The van der Waals surface area contributed by atoms with Gasteiger partial charge in [-0.2, -0.15) is 0 Å². The zero-order valence-electron chi connectivity index (χ0n) is 12.7. The van der Waals surface area contributed by atoms with Gasteiger partial charge in [0.25, 0.3) is 0 Å². The summed E-state index contributed by atoms with van der Waals surface area (Å²) in [7, 11) is 0. The minimum Gasteiger partial charge on any atom is -0.385 e. The van der Waals surface area contributed by atoms with Crippen LogP contribution in [0.1, 0.15) is 54.5 Å². The molecule has 0 fully saturated rings. The lowest BCUT2D eigenvalue weighted by molar-refractivity contribution is 0.0342. The van der Waals surface area contributed by atoms with Gasteiger partial charge in [0.15, 0.2) is 0 Å². The summed E-state index contributed by atoms with van der Waals surface area (Å²) in [6, 6.07) is 16.5. The van der Waals surface area contributed by atoms with E-state index in [0.29, 0.717) is 18.8 Å². The predicted molar refractivity (Wildman–Crippen MR) is 86.1 cm³/mol. The van der Waals surface area contributed by atoms with Crippen LogP contribution in [0.2, 0.25) is 0 Å². The summed E-state index contributed by atoms with van der Waals surface area (Å²) in [6.07, 6.45) is 1.22. The van der Waals surface area contributed by atoms with E-state index in [1.807, 2.05) is 24.3 Å². The molecule has 0 amide bonds. The van der Waals surface area contributed by atoms with E-state index in [-0.39, 0.29) is 6.04 Å². The van der Waals surface area contributed by atoms with E-state index in [0.717, 1.165) is 16.7 Å². The molecule has 0 saturated heterocycles. The smallest absolute Gasteiger partial charge is 0.0958 e. The van der Waals surface area contributed by atoms with E-state index in [1.165, 1.54) is 5.56 Å². The maximum Gasteiger partial charge on any atom is 0.0958 e. The lowest BCUT2D eigenvalue weighted by Crippen LogP contribution is -2.26. The van der Waals surface area contributed by atoms with Crippen molar-refractivity contribution < 1.29 is 5.11 Å². The molecule has 0 bridgehead atoms. The first-order valence-electron chi connectivity index (χ1n) is 7.66. The van der Waals surface area contributed by atoms with Crippen molar-refractivity contribution in [3.05, 3.63) is 70.8 Å². The van der Waals surface area contributed by atoms with Gasteiger partial charge in [0.2, 0.25) is 0 Å². The normalized spacial score (nSPS) is 24.3. The minimum absolute atomic E-state index is 0.0684. The van der Waals surface area contributed by atoms with Crippen LogP contribution in [0.3, 0.4) is 0 Å². The number of hydrogen-bond acceptors (Lipinski definition) is 2. The Kier molecular flexibility index (Phi) is 3.60. The summed E-state index contributed by atoms with van der Waals surface area (Å²) in [4.78, 5) is 0. The van der Waals surface area contributed by atoms with Crippen molar-refractivity contribution in [2.75, 3.05) is 0 Å². The molecule has 21 heavy (non-hydrogen) atoms. The van der Waals surface area contributed by atoms with E-state index >= 15 is 0 Å². The Morgan fingerprint density at radius 2 is 1.81 bits per heavy atom. The maximum absolute atomic E-state index is 11.1. The molecule has 0 heterocycles. The second kappa shape index (κ2) is 5.28. The molecule has 3 N–H and O–H groups in total. The summed E-state index contributed by atoms with van der Waals surface area (Å²) in [6.45, 7) is 4.38. The maximum atomic E-state index is 11.1. The van der Waals surface area contributed by atoms with Crippen LogP contribution in [-0.2, 0) is 12.0 Å². The Labute approximate surface area is 126 Å². The number of rotatable bonds is 3.